The third-order valence-corrected chi connectivity index (χ3v) is 3.35. The first-order valence-electron chi connectivity index (χ1n) is 5.05. The van der Waals surface area contributed by atoms with Crippen molar-refractivity contribution in [2.24, 2.45) is 5.92 Å². The van der Waals surface area contributed by atoms with Crippen LogP contribution in [0.1, 0.15) is 28.9 Å². The normalized spacial score (nSPS) is 17.5. The fourth-order valence-electron chi connectivity index (χ4n) is 1.45. The molecule has 1 aromatic rings. The quantitative estimate of drug-likeness (QED) is 0.803. The molecule has 0 aliphatic heterocycles. The maximum atomic E-state index is 11.6. The van der Waals surface area contributed by atoms with E-state index in [1.165, 1.54) is 11.5 Å². The number of aromatic nitrogens is 1. The molecule has 1 fully saturated rings. The zero-order valence-electron chi connectivity index (χ0n) is 8.56. The summed E-state index contributed by atoms with van der Waals surface area (Å²) in [5, 5.41) is 14.0. The highest BCUT2D eigenvalue weighted by Crippen LogP contribution is 2.32. The first-order valence-corrected chi connectivity index (χ1v) is 5.89. The SMILES string of the molecule is Cc1nscc1C(=O)NCC(O)C1CC1. The van der Waals surface area contributed by atoms with Gasteiger partial charge in [-0.3, -0.25) is 4.79 Å². The van der Waals surface area contributed by atoms with Gasteiger partial charge in [0, 0.05) is 11.9 Å². The summed E-state index contributed by atoms with van der Waals surface area (Å²) in [5.74, 6) is 0.257. The van der Waals surface area contributed by atoms with Gasteiger partial charge in [-0.2, -0.15) is 4.37 Å². The second-order valence-electron chi connectivity index (χ2n) is 3.93. The number of carbonyl (C=O) groups is 1. The molecule has 1 saturated carbocycles. The number of nitrogens with one attached hydrogen (secondary N) is 1. The van der Waals surface area contributed by atoms with E-state index in [1.807, 2.05) is 6.92 Å². The summed E-state index contributed by atoms with van der Waals surface area (Å²) in [6.45, 7) is 2.15. The number of carbonyl (C=O) groups excluding carboxylic acids is 1. The van der Waals surface area contributed by atoms with E-state index in [4.69, 9.17) is 0 Å². The van der Waals surface area contributed by atoms with Gasteiger partial charge in [0.05, 0.1) is 17.4 Å². The number of aliphatic hydroxyl groups excluding tert-OH is 1. The predicted octanol–water partition coefficient (Wildman–Crippen LogP) is 0.952. The van der Waals surface area contributed by atoms with Gasteiger partial charge in [0.2, 0.25) is 0 Å². The Morgan fingerprint density at radius 3 is 3.07 bits per heavy atom. The van der Waals surface area contributed by atoms with Crippen LogP contribution in [0.2, 0.25) is 0 Å². The van der Waals surface area contributed by atoms with Crippen LogP contribution in [-0.4, -0.2) is 28.0 Å². The summed E-state index contributed by atoms with van der Waals surface area (Å²) < 4.78 is 4.03. The number of hydrogen-bond acceptors (Lipinski definition) is 4. The molecule has 1 aromatic heterocycles. The van der Waals surface area contributed by atoms with Crippen molar-refractivity contribution in [2.75, 3.05) is 6.54 Å². The fourth-order valence-corrected chi connectivity index (χ4v) is 2.14. The van der Waals surface area contributed by atoms with Crippen LogP contribution in [-0.2, 0) is 0 Å². The van der Waals surface area contributed by atoms with Crippen molar-refractivity contribution in [1.82, 2.24) is 9.69 Å². The minimum atomic E-state index is -0.388. The van der Waals surface area contributed by atoms with E-state index < -0.39 is 0 Å². The van der Waals surface area contributed by atoms with Gasteiger partial charge in [0.1, 0.15) is 0 Å². The van der Waals surface area contributed by atoms with Gasteiger partial charge in [-0.25, -0.2) is 0 Å². The van der Waals surface area contributed by atoms with E-state index in [0.717, 1.165) is 18.5 Å². The Labute approximate surface area is 92.5 Å². The maximum absolute atomic E-state index is 11.6. The highest BCUT2D eigenvalue weighted by Gasteiger charge is 2.29. The smallest absolute Gasteiger partial charge is 0.254 e. The zero-order valence-corrected chi connectivity index (χ0v) is 9.38. The second kappa shape index (κ2) is 4.28. The van der Waals surface area contributed by atoms with Crippen molar-refractivity contribution in [3.63, 3.8) is 0 Å². The van der Waals surface area contributed by atoms with Crippen LogP contribution in [0.4, 0.5) is 0 Å². The summed E-state index contributed by atoms with van der Waals surface area (Å²) in [5.41, 5.74) is 1.36. The Balaban J connectivity index is 1.84. The van der Waals surface area contributed by atoms with Crippen molar-refractivity contribution >= 4 is 17.4 Å². The topological polar surface area (TPSA) is 62.2 Å². The van der Waals surface area contributed by atoms with Gasteiger partial charge < -0.3 is 10.4 Å². The molecule has 1 unspecified atom stereocenters. The van der Waals surface area contributed by atoms with Gasteiger partial charge in [-0.1, -0.05) is 0 Å². The lowest BCUT2D eigenvalue weighted by Gasteiger charge is -2.09. The van der Waals surface area contributed by atoms with Crippen molar-refractivity contribution in [3.8, 4) is 0 Å². The number of aliphatic hydroxyl groups is 1. The van der Waals surface area contributed by atoms with Crippen LogP contribution < -0.4 is 5.32 Å². The average Bonchev–Trinajstić information content (AvgIpc) is 2.98. The highest BCUT2D eigenvalue weighted by atomic mass is 32.1. The Hall–Kier alpha value is -0.940. The third-order valence-electron chi connectivity index (χ3n) is 2.63. The first kappa shape index (κ1) is 10.6. The predicted molar refractivity (Wildman–Crippen MR) is 57.9 cm³/mol. The molecule has 2 N–H and O–H groups in total. The van der Waals surface area contributed by atoms with Crippen molar-refractivity contribution in [1.29, 1.82) is 0 Å². The number of aryl methyl sites for hydroxylation is 1. The second-order valence-corrected chi connectivity index (χ2v) is 4.56. The molecule has 2 rings (SSSR count). The van der Waals surface area contributed by atoms with Gasteiger partial charge in [-0.15, -0.1) is 0 Å². The molecule has 1 atom stereocenters. The number of rotatable bonds is 4. The molecule has 0 saturated heterocycles. The molecule has 0 spiro atoms. The van der Waals surface area contributed by atoms with Crippen molar-refractivity contribution < 1.29 is 9.90 Å². The summed E-state index contributed by atoms with van der Waals surface area (Å²) in [6.07, 6.45) is 1.77. The molecule has 5 heteroatoms. The zero-order chi connectivity index (χ0) is 10.8. The van der Waals surface area contributed by atoms with Crippen molar-refractivity contribution in [3.05, 3.63) is 16.6 Å². The Morgan fingerprint density at radius 1 is 1.80 bits per heavy atom. The maximum Gasteiger partial charge on any atom is 0.254 e. The molecular weight excluding hydrogens is 212 g/mol. The van der Waals surface area contributed by atoms with Gasteiger partial charge in [0.25, 0.3) is 5.91 Å². The van der Waals surface area contributed by atoms with Crippen LogP contribution in [0.3, 0.4) is 0 Å². The monoisotopic (exact) mass is 226 g/mol. The fraction of sp³-hybridized carbons (Fsp3) is 0.600. The summed E-state index contributed by atoms with van der Waals surface area (Å²) in [4.78, 5) is 11.6. The summed E-state index contributed by atoms with van der Waals surface area (Å²) in [7, 11) is 0. The van der Waals surface area contributed by atoms with E-state index in [9.17, 15) is 9.90 Å². The lowest BCUT2D eigenvalue weighted by molar-refractivity contribution is 0.0901. The molecule has 1 amide bonds. The van der Waals surface area contributed by atoms with E-state index in [-0.39, 0.29) is 12.0 Å². The molecule has 1 aliphatic carbocycles. The largest absolute Gasteiger partial charge is 0.391 e. The molecule has 82 valence electrons. The number of nitrogens with zero attached hydrogens (tertiary/aromatic N) is 1. The molecule has 0 radical (unpaired) electrons. The van der Waals surface area contributed by atoms with Crippen molar-refractivity contribution in [2.45, 2.75) is 25.9 Å². The third kappa shape index (κ3) is 2.54. The van der Waals surface area contributed by atoms with Crippen LogP contribution in [0.5, 0.6) is 0 Å². The van der Waals surface area contributed by atoms with Crippen LogP contribution in [0.25, 0.3) is 0 Å². The van der Waals surface area contributed by atoms with Crippen LogP contribution in [0, 0.1) is 12.8 Å². The number of amides is 1. The minimum Gasteiger partial charge on any atom is -0.391 e. The van der Waals surface area contributed by atoms with E-state index in [1.54, 1.807) is 5.38 Å². The molecule has 0 aromatic carbocycles. The Bertz CT molecular complexity index is 360. The Kier molecular flexibility index (Phi) is 3.02. The van der Waals surface area contributed by atoms with E-state index in [2.05, 4.69) is 9.69 Å². The van der Waals surface area contributed by atoms with Gasteiger partial charge in [0.15, 0.2) is 0 Å². The van der Waals surface area contributed by atoms with E-state index in [0.29, 0.717) is 18.0 Å². The molecule has 1 heterocycles. The molecule has 1 aliphatic rings. The molecule has 15 heavy (non-hydrogen) atoms. The molecule has 0 bridgehead atoms. The van der Waals surface area contributed by atoms with Crippen LogP contribution in [0.15, 0.2) is 5.38 Å². The summed E-state index contributed by atoms with van der Waals surface area (Å²) >= 11 is 1.27. The lowest BCUT2D eigenvalue weighted by Crippen LogP contribution is -2.33. The molecule has 4 nitrogen and oxygen atoms in total. The standard InChI is InChI=1S/C10H14N2O2S/c1-6-8(5-15-12-6)10(14)11-4-9(13)7-2-3-7/h5,7,9,13H,2-4H2,1H3,(H,11,14). The van der Waals surface area contributed by atoms with Crippen LogP contribution >= 0.6 is 11.5 Å². The van der Waals surface area contributed by atoms with Gasteiger partial charge >= 0.3 is 0 Å². The average molecular weight is 226 g/mol. The molecular formula is C10H14N2O2S. The minimum absolute atomic E-state index is 0.138. The number of hydrogen-bond donors (Lipinski definition) is 2. The highest BCUT2D eigenvalue weighted by molar-refractivity contribution is 7.03. The lowest BCUT2D eigenvalue weighted by atomic mass is 10.2. The Morgan fingerprint density at radius 2 is 2.53 bits per heavy atom. The first-order chi connectivity index (χ1) is 7.18. The van der Waals surface area contributed by atoms with E-state index >= 15 is 0 Å². The van der Waals surface area contributed by atoms with Gasteiger partial charge in [-0.05, 0) is 37.2 Å². The summed E-state index contributed by atoms with van der Waals surface area (Å²) in [6, 6.07) is 0.